The van der Waals surface area contributed by atoms with Crippen molar-refractivity contribution in [3.05, 3.63) is 41.1 Å². The lowest BCUT2D eigenvalue weighted by atomic mass is 9.89. The molecule has 2 aliphatic rings. The predicted molar refractivity (Wildman–Crippen MR) is 110 cm³/mol. The third-order valence-electron chi connectivity index (χ3n) is 5.84. The lowest BCUT2D eigenvalue weighted by molar-refractivity contribution is 0.0236. The number of likely N-dealkylation sites (tertiary alicyclic amines) is 1. The molecule has 1 aromatic heterocycles. The topological polar surface area (TPSA) is 51.5 Å². The number of Topliss-reactive ketones (excluding diaryl/α,β-unsaturated/α-hetero) is 1. The summed E-state index contributed by atoms with van der Waals surface area (Å²) < 4.78 is 7.54. The predicted octanol–water partition coefficient (Wildman–Crippen LogP) is 4.80. The Balaban J connectivity index is 1.68. The van der Waals surface area contributed by atoms with Crippen LogP contribution < -0.4 is 0 Å². The Kier molecular flexibility index (Phi) is 4.36. The summed E-state index contributed by atoms with van der Waals surface area (Å²) in [5.74, 6) is 0.0784. The zero-order valence-corrected chi connectivity index (χ0v) is 17.3. The number of allylic oxidation sites excluding steroid dienone is 1. The van der Waals surface area contributed by atoms with E-state index in [1.165, 1.54) is 11.1 Å². The molecule has 0 N–H and O–H groups in total. The number of benzene rings is 1. The van der Waals surface area contributed by atoms with Gasteiger partial charge in [0.25, 0.3) is 0 Å². The second kappa shape index (κ2) is 6.50. The maximum atomic E-state index is 13.0. The minimum absolute atomic E-state index is 0.121. The van der Waals surface area contributed by atoms with E-state index in [4.69, 9.17) is 4.74 Å². The van der Waals surface area contributed by atoms with Crippen LogP contribution in [0.3, 0.4) is 0 Å². The van der Waals surface area contributed by atoms with Crippen molar-refractivity contribution in [2.24, 2.45) is 13.0 Å². The fourth-order valence-electron chi connectivity index (χ4n) is 4.55. The van der Waals surface area contributed by atoms with Crippen molar-refractivity contribution in [3.63, 3.8) is 0 Å². The molecular formula is C23H28N2O3. The quantitative estimate of drug-likeness (QED) is 0.660. The van der Waals surface area contributed by atoms with E-state index in [0.29, 0.717) is 13.1 Å². The molecule has 5 heteroatoms. The molecular weight excluding hydrogens is 352 g/mol. The molecule has 1 aromatic carbocycles. The summed E-state index contributed by atoms with van der Waals surface area (Å²) in [6.07, 6.45) is 1.32. The van der Waals surface area contributed by atoms with Crippen molar-refractivity contribution in [2.75, 3.05) is 13.1 Å². The summed E-state index contributed by atoms with van der Waals surface area (Å²) in [5.41, 5.74) is 5.02. The van der Waals surface area contributed by atoms with Gasteiger partial charge in [0.15, 0.2) is 5.78 Å². The first-order chi connectivity index (χ1) is 13.2. The standard InChI is InChI=1S/C23H28N2O3/c1-14-18(15-10-12-25(13-11-15)22(27)28-23(2,3)4)19-16-8-6-7-9-17(16)24(5)20(19)21(14)26/h6-9,14H,10-13H2,1-5H3. The van der Waals surface area contributed by atoms with Gasteiger partial charge in [-0.2, -0.15) is 0 Å². The lowest BCUT2D eigenvalue weighted by Crippen LogP contribution is -2.40. The fourth-order valence-corrected chi connectivity index (χ4v) is 4.55. The van der Waals surface area contributed by atoms with Gasteiger partial charge in [0.2, 0.25) is 0 Å². The van der Waals surface area contributed by atoms with Crippen molar-refractivity contribution in [2.45, 2.75) is 46.1 Å². The van der Waals surface area contributed by atoms with Crippen LogP contribution in [0, 0.1) is 5.92 Å². The number of nitrogens with zero attached hydrogens (tertiary/aromatic N) is 2. The Morgan fingerprint density at radius 2 is 1.79 bits per heavy atom. The van der Waals surface area contributed by atoms with Crippen molar-refractivity contribution in [1.82, 2.24) is 9.47 Å². The second-order valence-electron chi connectivity index (χ2n) is 8.87. The van der Waals surface area contributed by atoms with Gasteiger partial charge >= 0.3 is 6.09 Å². The van der Waals surface area contributed by atoms with E-state index in [1.807, 2.05) is 51.4 Å². The third-order valence-corrected chi connectivity index (χ3v) is 5.84. The van der Waals surface area contributed by atoms with Crippen LogP contribution in [0.25, 0.3) is 16.5 Å². The van der Waals surface area contributed by atoms with E-state index < -0.39 is 5.60 Å². The van der Waals surface area contributed by atoms with Crippen LogP contribution in [-0.4, -0.2) is 40.0 Å². The zero-order chi connectivity index (χ0) is 20.2. The number of para-hydroxylation sites is 1. The highest BCUT2D eigenvalue weighted by molar-refractivity contribution is 6.19. The molecule has 1 saturated heterocycles. The summed E-state index contributed by atoms with van der Waals surface area (Å²) in [5, 5.41) is 1.15. The van der Waals surface area contributed by atoms with Crippen molar-refractivity contribution in [3.8, 4) is 0 Å². The Morgan fingerprint density at radius 3 is 2.43 bits per heavy atom. The molecule has 1 fully saturated rings. The second-order valence-corrected chi connectivity index (χ2v) is 8.87. The van der Waals surface area contributed by atoms with E-state index >= 15 is 0 Å². The van der Waals surface area contributed by atoms with E-state index in [9.17, 15) is 9.59 Å². The average molecular weight is 380 g/mol. The summed E-state index contributed by atoms with van der Waals surface area (Å²) in [6, 6.07) is 8.22. The van der Waals surface area contributed by atoms with E-state index in [1.54, 1.807) is 4.90 Å². The minimum Gasteiger partial charge on any atom is -0.444 e. The minimum atomic E-state index is -0.486. The molecule has 5 nitrogen and oxygen atoms in total. The molecule has 2 aromatic rings. The number of hydrogen-bond acceptors (Lipinski definition) is 3. The normalized spacial score (nSPS) is 20.1. The van der Waals surface area contributed by atoms with E-state index in [2.05, 4.69) is 12.1 Å². The highest BCUT2D eigenvalue weighted by Crippen LogP contribution is 2.46. The number of ketones is 1. The number of amides is 1. The van der Waals surface area contributed by atoms with Gasteiger partial charge in [-0.1, -0.05) is 30.7 Å². The van der Waals surface area contributed by atoms with Crippen LogP contribution >= 0.6 is 0 Å². The van der Waals surface area contributed by atoms with E-state index in [0.717, 1.165) is 35.0 Å². The summed E-state index contributed by atoms with van der Waals surface area (Å²) in [7, 11) is 1.98. The number of aryl methyl sites for hydroxylation is 1. The molecule has 0 saturated carbocycles. The number of rotatable bonds is 0. The highest BCUT2D eigenvalue weighted by Gasteiger charge is 2.39. The van der Waals surface area contributed by atoms with Crippen LogP contribution in [0.2, 0.25) is 0 Å². The first kappa shape index (κ1) is 18.8. The van der Waals surface area contributed by atoms with Gasteiger partial charge in [0.1, 0.15) is 5.60 Å². The molecule has 0 bridgehead atoms. The van der Waals surface area contributed by atoms with Crippen molar-refractivity contribution < 1.29 is 14.3 Å². The highest BCUT2D eigenvalue weighted by atomic mass is 16.6. The number of fused-ring (bicyclic) bond motifs is 3. The molecule has 1 unspecified atom stereocenters. The van der Waals surface area contributed by atoms with Gasteiger partial charge in [-0.25, -0.2) is 4.79 Å². The maximum absolute atomic E-state index is 13.0. The third kappa shape index (κ3) is 2.93. The largest absolute Gasteiger partial charge is 0.444 e. The Labute approximate surface area is 166 Å². The Hall–Kier alpha value is -2.56. The molecule has 1 aliphatic carbocycles. The average Bonchev–Trinajstić information content (AvgIpc) is 3.07. The first-order valence-corrected chi connectivity index (χ1v) is 10.0. The van der Waals surface area contributed by atoms with Gasteiger partial charge < -0.3 is 14.2 Å². The molecule has 1 atom stereocenters. The summed E-state index contributed by atoms with van der Waals surface area (Å²) >= 11 is 0. The number of ether oxygens (including phenoxy) is 1. The monoisotopic (exact) mass is 380 g/mol. The molecule has 148 valence electrons. The number of piperidine rings is 1. The molecule has 0 spiro atoms. The first-order valence-electron chi connectivity index (χ1n) is 10.0. The summed E-state index contributed by atoms with van der Waals surface area (Å²) in [6.45, 7) is 8.94. The fraction of sp³-hybridized carbons (Fsp3) is 0.478. The van der Waals surface area contributed by atoms with Crippen molar-refractivity contribution >= 4 is 28.4 Å². The molecule has 2 heterocycles. The number of aromatic nitrogens is 1. The number of carbonyl (C=O) groups excluding carboxylic acids is 2. The molecule has 1 amide bonds. The maximum Gasteiger partial charge on any atom is 0.410 e. The zero-order valence-electron chi connectivity index (χ0n) is 17.3. The van der Waals surface area contributed by atoms with Gasteiger partial charge in [-0.3, -0.25) is 4.79 Å². The van der Waals surface area contributed by atoms with Crippen LogP contribution in [0.4, 0.5) is 4.79 Å². The van der Waals surface area contributed by atoms with Crippen LogP contribution in [0.15, 0.2) is 29.8 Å². The van der Waals surface area contributed by atoms with Crippen molar-refractivity contribution in [1.29, 1.82) is 0 Å². The van der Waals surface area contributed by atoms with Gasteiger partial charge in [0, 0.05) is 42.5 Å². The Morgan fingerprint density at radius 1 is 1.14 bits per heavy atom. The smallest absolute Gasteiger partial charge is 0.410 e. The van der Waals surface area contributed by atoms with Gasteiger partial charge in [0.05, 0.1) is 5.69 Å². The summed E-state index contributed by atoms with van der Waals surface area (Å²) in [4.78, 5) is 27.2. The number of hydrogen-bond donors (Lipinski definition) is 0. The SMILES string of the molecule is CC1C(=O)c2c(c3ccccc3n2C)C1=C1CCN(C(=O)OC(C)(C)C)CC1. The lowest BCUT2D eigenvalue weighted by Gasteiger charge is -2.32. The van der Waals surface area contributed by atoms with Crippen LogP contribution in [0.1, 0.15) is 56.6 Å². The van der Waals surface area contributed by atoms with Crippen LogP contribution in [-0.2, 0) is 11.8 Å². The number of carbonyl (C=O) groups is 2. The van der Waals surface area contributed by atoms with E-state index in [-0.39, 0.29) is 17.8 Å². The molecule has 4 rings (SSSR count). The molecule has 1 aliphatic heterocycles. The van der Waals surface area contributed by atoms with Gasteiger partial charge in [-0.05, 0) is 45.3 Å². The van der Waals surface area contributed by atoms with Gasteiger partial charge in [-0.15, -0.1) is 0 Å². The van der Waals surface area contributed by atoms with Crippen LogP contribution in [0.5, 0.6) is 0 Å². The Bertz CT molecular complexity index is 997. The molecule has 28 heavy (non-hydrogen) atoms. The molecule has 0 radical (unpaired) electrons.